The molecule has 1 aromatic rings. The lowest BCUT2D eigenvalue weighted by Crippen LogP contribution is -2.36. The third kappa shape index (κ3) is 2.86. The molecule has 0 bridgehead atoms. The van der Waals surface area contributed by atoms with Crippen molar-refractivity contribution in [1.82, 2.24) is 4.31 Å². The molecule has 1 aromatic carbocycles. The number of hydrogen-bond acceptors (Lipinski definition) is 4. The molecule has 0 unspecified atom stereocenters. The predicted molar refractivity (Wildman–Crippen MR) is 76.2 cm³/mol. The van der Waals surface area contributed by atoms with Crippen LogP contribution in [0.1, 0.15) is 6.92 Å². The molecule has 0 saturated heterocycles. The van der Waals surface area contributed by atoms with E-state index in [1.165, 1.54) is 21.0 Å². The van der Waals surface area contributed by atoms with Crippen molar-refractivity contribution in [2.45, 2.75) is 6.92 Å². The van der Waals surface area contributed by atoms with Gasteiger partial charge in [0.15, 0.2) is 0 Å². The SMILES string of the molecule is CC(=O)N1CCOc2cc(NS(=O)(=O)N(C)C)ccc21. The van der Waals surface area contributed by atoms with Gasteiger partial charge in [0.2, 0.25) is 5.91 Å². The average molecular weight is 299 g/mol. The number of hydrogen-bond donors (Lipinski definition) is 1. The minimum Gasteiger partial charge on any atom is -0.489 e. The highest BCUT2D eigenvalue weighted by Gasteiger charge is 2.22. The highest BCUT2D eigenvalue weighted by atomic mass is 32.2. The van der Waals surface area contributed by atoms with Crippen LogP contribution in [0.2, 0.25) is 0 Å². The Labute approximate surface area is 118 Å². The van der Waals surface area contributed by atoms with E-state index < -0.39 is 10.2 Å². The molecule has 0 aromatic heterocycles. The average Bonchev–Trinajstić information content (AvgIpc) is 2.36. The van der Waals surface area contributed by atoms with Crippen LogP contribution in [0, 0.1) is 0 Å². The quantitative estimate of drug-likeness (QED) is 0.889. The normalized spacial score (nSPS) is 14.7. The molecule has 0 aliphatic carbocycles. The van der Waals surface area contributed by atoms with Gasteiger partial charge in [0, 0.05) is 27.1 Å². The van der Waals surface area contributed by atoms with Gasteiger partial charge < -0.3 is 9.64 Å². The van der Waals surface area contributed by atoms with Crippen LogP contribution in [0.15, 0.2) is 18.2 Å². The van der Waals surface area contributed by atoms with Crippen molar-refractivity contribution in [2.75, 3.05) is 36.9 Å². The van der Waals surface area contributed by atoms with Gasteiger partial charge in [-0.3, -0.25) is 9.52 Å². The van der Waals surface area contributed by atoms with Gasteiger partial charge in [-0.2, -0.15) is 12.7 Å². The lowest BCUT2D eigenvalue weighted by Gasteiger charge is -2.29. The van der Waals surface area contributed by atoms with Crippen LogP contribution in [-0.4, -0.2) is 45.9 Å². The van der Waals surface area contributed by atoms with Gasteiger partial charge in [-0.1, -0.05) is 0 Å². The Morgan fingerprint density at radius 2 is 2.10 bits per heavy atom. The summed E-state index contributed by atoms with van der Waals surface area (Å²) in [4.78, 5) is 13.1. The van der Waals surface area contributed by atoms with Crippen LogP contribution in [0.3, 0.4) is 0 Å². The van der Waals surface area contributed by atoms with E-state index >= 15 is 0 Å². The first kappa shape index (κ1) is 14.6. The van der Waals surface area contributed by atoms with Crippen molar-refractivity contribution in [3.63, 3.8) is 0 Å². The fourth-order valence-corrected chi connectivity index (χ4v) is 2.46. The molecule has 1 N–H and O–H groups in total. The number of fused-ring (bicyclic) bond motifs is 1. The third-order valence-electron chi connectivity index (χ3n) is 2.93. The van der Waals surface area contributed by atoms with Crippen molar-refractivity contribution in [3.05, 3.63) is 18.2 Å². The summed E-state index contributed by atoms with van der Waals surface area (Å²) in [5, 5.41) is 0. The standard InChI is InChI=1S/C12H17N3O4S/c1-9(16)15-6-7-19-12-8-10(4-5-11(12)15)13-20(17,18)14(2)3/h4-5,8,13H,6-7H2,1-3H3. The molecule has 110 valence electrons. The van der Waals surface area contributed by atoms with Crippen LogP contribution in [-0.2, 0) is 15.0 Å². The maximum Gasteiger partial charge on any atom is 0.301 e. The molecule has 0 atom stereocenters. The largest absolute Gasteiger partial charge is 0.489 e. The fourth-order valence-electron chi connectivity index (χ4n) is 1.85. The number of ether oxygens (including phenoxy) is 1. The first-order valence-electron chi connectivity index (χ1n) is 6.06. The molecule has 1 heterocycles. The Morgan fingerprint density at radius 1 is 1.40 bits per heavy atom. The van der Waals surface area contributed by atoms with Gasteiger partial charge in [-0.05, 0) is 12.1 Å². The van der Waals surface area contributed by atoms with Crippen molar-refractivity contribution < 1.29 is 17.9 Å². The molecule has 1 amide bonds. The minimum atomic E-state index is -3.56. The summed E-state index contributed by atoms with van der Waals surface area (Å²) < 4.78 is 32.5. The van der Waals surface area contributed by atoms with Crippen molar-refractivity contribution in [2.24, 2.45) is 0 Å². The molecule has 7 nitrogen and oxygen atoms in total. The highest BCUT2D eigenvalue weighted by Crippen LogP contribution is 2.34. The van der Waals surface area contributed by atoms with Crippen LogP contribution >= 0.6 is 0 Å². The Bertz CT molecular complexity index is 628. The van der Waals surface area contributed by atoms with Gasteiger partial charge in [0.25, 0.3) is 0 Å². The fraction of sp³-hybridized carbons (Fsp3) is 0.417. The molecule has 2 rings (SSSR count). The van der Waals surface area contributed by atoms with E-state index in [1.807, 2.05) is 0 Å². The van der Waals surface area contributed by atoms with E-state index in [9.17, 15) is 13.2 Å². The smallest absolute Gasteiger partial charge is 0.301 e. The number of nitrogens with one attached hydrogen (secondary N) is 1. The van der Waals surface area contributed by atoms with Crippen LogP contribution in [0.4, 0.5) is 11.4 Å². The van der Waals surface area contributed by atoms with E-state index in [2.05, 4.69) is 4.72 Å². The van der Waals surface area contributed by atoms with Crippen LogP contribution < -0.4 is 14.4 Å². The maximum atomic E-state index is 11.7. The Balaban J connectivity index is 2.31. The second-order valence-corrected chi connectivity index (χ2v) is 6.48. The zero-order valence-corrected chi connectivity index (χ0v) is 12.4. The number of nitrogens with zero attached hydrogens (tertiary/aromatic N) is 2. The van der Waals surface area contributed by atoms with Crippen LogP contribution in [0.5, 0.6) is 5.75 Å². The minimum absolute atomic E-state index is 0.0730. The Morgan fingerprint density at radius 3 is 2.70 bits per heavy atom. The molecule has 0 saturated carbocycles. The number of carbonyl (C=O) groups is 1. The Kier molecular flexibility index (Phi) is 3.87. The summed E-state index contributed by atoms with van der Waals surface area (Å²) in [7, 11) is -0.682. The van der Waals surface area contributed by atoms with Gasteiger partial charge in [0.1, 0.15) is 12.4 Å². The molecule has 0 spiro atoms. The molecule has 8 heteroatoms. The van der Waals surface area contributed by atoms with E-state index in [0.717, 1.165) is 4.31 Å². The molecular formula is C12H17N3O4S. The number of amides is 1. The highest BCUT2D eigenvalue weighted by molar-refractivity contribution is 7.90. The topological polar surface area (TPSA) is 79.0 Å². The number of carbonyl (C=O) groups excluding carboxylic acids is 1. The summed E-state index contributed by atoms with van der Waals surface area (Å²) in [5.74, 6) is 0.418. The second-order valence-electron chi connectivity index (χ2n) is 4.59. The number of anilines is 2. The van der Waals surface area contributed by atoms with Crippen molar-refractivity contribution in [1.29, 1.82) is 0 Å². The molecule has 1 aliphatic rings. The lowest BCUT2D eigenvalue weighted by atomic mass is 10.2. The number of rotatable bonds is 3. The van der Waals surface area contributed by atoms with Crippen LogP contribution in [0.25, 0.3) is 0 Å². The monoisotopic (exact) mass is 299 g/mol. The molecular weight excluding hydrogens is 282 g/mol. The van der Waals surface area contributed by atoms with Crippen molar-refractivity contribution in [3.8, 4) is 5.75 Å². The van der Waals surface area contributed by atoms with E-state index in [0.29, 0.717) is 30.3 Å². The zero-order chi connectivity index (χ0) is 14.9. The second kappa shape index (κ2) is 5.29. The Hall–Kier alpha value is -1.80. The summed E-state index contributed by atoms with van der Waals surface area (Å²) >= 11 is 0. The molecule has 1 aliphatic heterocycles. The summed E-state index contributed by atoms with van der Waals surface area (Å²) in [6.07, 6.45) is 0. The van der Waals surface area contributed by atoms with Crippen molar-refractivity contribution >= 4 is 27.5 Å². The van der Waals surface area contributed by atoms with Gasteiger partial charge >= 0.3 is 10.2 Å². The summed E-state index contributed by atoms with van der Waals surface area (Å²) in [6.45, 7) is 2.36. The zero-order valence-electron chi connectivity index (χ0n) is 11.6. The first-order valence-corrected chi connectivity index (χ1v) is 7.50. The molecule has 0 radical (unpaired) electrons. The maximum absolute atomic E-state index is 11.7. The summed E-state index contributed by atoms with van der Waals surface area (Å²) in [6, 6.07) is 4.85. The lowest BCUT2D eigenvalue weighted by molar-refractivity contribution is -0.116. The van der Waals surface area contributed by atoms with E-state index in [-0.39, 0.29) is 5.91 Å². The predicted octanol–water partition coefficient (Wildman–Crippen LogP) is 0.650. The van der Waals surface area contributed by atoms with Gasteiger partial charge in [-0.25, -0.2) is 0 Å². The molecule has 0 fully saturated rings. The van der Waals surface area contributed by atoms with Gasteiger partial charge in [-0.15, -0.1) is 0 Å². The first-order chi connectivity index (χ1) is 9.31. The number of benzene rings is 1. The van der Waals surface area contributed by atoms with Gasteiger partial charge in [0.05, 0.1) is 17.9 Å². The molecule has 20 heavy (non-hydrogen) atoms. The summed E-state index contributed by atoms with van der Waals surface area (Å²) in [5.41, 5.74) is 1.04. The van der Waals surface area contributed by atoms with E-state index in [1.54, 1.807) is 23.1 Å². The third-order valence-corrected chi connectivity index (χ3v) is 4.39. The van der Waals surface area contributed by atoms with E-state index in [4.69, 9.17) is 4.74 Å².